The fraction of sp³-hybridized carbons (Fsp3) is 0.188. The topological polar surface area (TPSA) is 41.1 Å². The molecule has 5 heteroatoms. The predicted molar refractivity (Wildman–Crippen MR) is 87.4 cm³/mol. The first-order valence-corrected chi connectivity index (χ1v) is 7.41. The van der Waals surface area contributed by atoms with Gasteiger partial charge in [0.05, 0.1) is 4.47 Å². The van der Waals surface area contributed by atoms with Crippen LogP contribution in [0, 0.1) is 12.7 Å². The van der Waals surface area contributed by atoms with Crippen LogP contribution in [0.5, 0.6) is 0 Å². The van der Waals surface area contributed by atoms with Gasteiger partial charge in [0.2, 0.25) is 0 Å². The van der Waals surface area contributed by atoms with Crippen LogP contribution in [0.4, 0.5) is 15.8 Å². The van der Waals surface area contributed by atoms with E-state index < -0.39 is 5.82 Å². The molecule has 21 heavy (non-hydrogen) atoms. The SMILES string of the molecule is CCNc1ccc(C(=O)Nc2ccc(Br)c(F)c2)c(C)c1. The van der Waals surface area contributed by atoms with Crippen molar-refractivity contribution >= 4 is 33.2 Å². The van der Waals surface area contributed by atoms with E-state index in [4.69, 9.17) is 0 Å². The van der Waals surface area contributed by atoms with Gasteiger partial charge in [-0.15, -0.1) is 0 Å². The lowest BCUT2D eigenvalue weighted by Crippen LogP contribution is -2.13. The Morgan fingerprint density at radius 1 is 1.19 bits per heavy atom. The molecule has 0 aliphatic carbocycles. The second-order valence-corrected chi connectivity index (χ2v) is 5.50. The lowest BCUT2D eigenvalue weighted by atomic mass is 10.1. The van der Waals surface area contributed by atoms with Crippen LogP contribution in [-0.4, -0.2) is 12.5 Å². The largest absolute Gasteiger partial charge is 0.385 e. The zero-order valence-electron chi connectivity index (χ0n) is 11.8. The van der Waals surface area contributed by atoms with E-state index in [2.05, 4.69) is 26.6 Å². The predicted octanol–water partition coefficient (Wildman–Crippen LogP) is 4.58. The van der Waals surface area contributed by atoms with E-state index in [1.165, 1.54) is 6.07 Å². The van der Waals surface area contributed by atoms with Crippen LogP contribution >= 0.6 is 15.9 Å². The van der Waals surface area contributed by atoms with Crippen molar-refractivity contribution in [3.8, 4) is 0 Å². The summed E-state index contributed by atoms with van der Waals surface area (Å²) < 4.78 is 13.8. The maximum Gasteiger partial charge on any atom is 0.255 e. The normalized spacial score (nSPS) is 10.3. The third-order valence-corrected chi connectivity index (χ3v) is 3.67. The van der Waals surface area contributed by atoms with E-state index in [-0.39, 0.29) is 5.91 Å². The molecule has 0 heterocycles. The lowest BCUT2D eigenvalue weighted by Gasteiger charge is -2.10. The van der Waals surface area contributed by atoms with E-state index in [1.54, 1.807) is 18.2 Å². The number of nitrogens with one attached hydrogen (secondary N) is 2. The molecule has 0 atom stereocenters. The van der Waals surface area contributed by atoms with Gasteiger partial charge in [0.25, 0.3) is 5.91 Å². The molecular weight excluding hydrogens is 335 g/mol. The number of amides is 1. The highest BCUT2D eigenvalue weighted by molar-refractivity contribution is 9.10. The minimum atomic E-state index is -0.410. The highest BCUT2D eigenvalue weighted by Crippen LogP contribution is 2.21. The van der Waals surface area contributed by atoms with Crippen molar-refractivity contribution in [2.75, 3.05) is 17.2 Å². The van der Waals surface area contributed by atoms with Gasteiger partial charge in [-0.25, -0.2) is 4.39 Å². The number of aryl methyl sites for hydroxylation is 1. The van der Waals surface area contributed by atoms with Crippen LogP contribution in [-0.2, 0) is 0 Å². The Bertz CT molecular complexity index is 673. The first-order valence-electron chi connectivity index (χ1n) is 6.62. The summed E-state index contributed by atoms with van der Waals surface area (Å²) in [5, 5.41) is 5.89. The molecule has 0 unspecified atom stereocenters. The van der Waals surface area contributed by atoms with Crippen LogP contribution in [0.1, 0.15) is 22.8 Å². The number of rotatable bonds is 4. The van der Waals surface area contributed by atoms with Gasteiger partial charge in [-0.3, -0.25) is 4.79 Å². The monoisotopic (exact) mass is 350 g/mol. The number of benzene rings is 2. The molecule has 0 fully saturated rings. The molecule has 2 N–H and O–H groups in total. The van der Waals surface area contributed by atoms with Crippen LogP contribution < -0.4 is 10.6 Å². The van der Waals surface area contributed by atoms with Crippen LogP contribution in [0.2, 0.25) is 0 Å². The molecule has 0 spiro atoms. The fourth-order valence-electron chi connectivity index (χ4n) is 2.00. The first-order chi connectivity index (χ1) is 10.0. The summed E-state index contributed by atoms with van der Waals surface area (Å²) in [6.45, 7) is 4.71. The number of hydrogen-bond donors (Lipinski definition) is 2. The Morgan fingerprint density at radius 3 is 2.52 bits per heavy atom. The molecule has 110 valence electrons. The van der Waals surface area contributed by atoms with Gasteiger partial charge in [-0.05, 0) is 71.7 Å². The van der Waals surface area contributed by atoms with Gasteiger partial charge < -0.3 is 10.6 Å². The first kappa shape index (κ1) is 15.5. The Labute approximate surface area is 131 Å². The molecule has 3 nitrogen and oxygen atoms in total. The molecular formula is C16H16BrFN2O. The molecule has 0 aliphatic heterocycles. The number of hydrogen-bond acceptors (Lipinski definition) is 2. The van der Waals surface area contributed by atoms with Crippen molar-refractivity contribution in [1.82, 2.24) is 0 Å². The molecule has 2 rings (SSSR count). The molecule has 0 bridgehead atoms. The van der Waals surface area contributed by atoms with Gasteiger partial charge in [-0.1, -0.05) is 0 Å². The van der Waals surface area contributed by atoms with Gasteiger partial charge in [-0.2, -0.15) is 0 Å². The third kappa shape index (κ3) is 3.82. The molecule has 0 saturated heterocycles. The van der Waals surface area contributed by atoms with Crippen LogP contribution in [0.25, 0.3) is 0 Å². The summed E-state index contributed by atoms with van der Waals surface area (Å²) in [6, 6.07) is 10.0. The van der Waals surface area contributed by atoms with Gasteiger partial charge in [0.1, 0.15) is 5.82 Å². The lowest BCUT2D eigenvalue weighted by molar-refractivity contribution is 0.102. The van der Waals surface area contributed by atoms with E-state index in [0.717, 1.165) is 17.8 Å². The quantitative estimate of drug-likeness (QED) is 0.847. The average Bonchev–Trinajstić information content (AvgIpc) is 2.43. The second-order valence-electron chi connectivity index (χ2n) is 4.64. The summed E-state index contributed by atoms with van der Waals surface area (Å²) in [5.41, 5.74) is 2.83. The number of carbonyl (C=O) groups is 1. The fourth-order valence-corrected chi connectivity index (χ4v) is 2.25. The second kappa shape index (κ2) is 6.72. The standard InChI is InChI=1S/C16H16BrFN2O/c1-3-19-11-4-6-13(10(2)8-11)16(21)20-12-5-7-14(17)15(18)9-12/h4-9,19H,3H2,1-2H3,(H,20,21). The van der Waals surface area contributed by atoms with Crippen LogP contribution in [0.3, 0.4) is 0 Å². The van der Waals surface area contributed by atoms with Crippen molar-refractivity contribution in [1.29, 1.82) is 0 Å². The summed E-state index contributed by atoms with van der Waals surface area (Å²) in [5.74, 6) is -0.663. The van der Waals surface area contributed by atoms with Crippen molar-refractivity contribution in [2.45, 2.75) is 13.8 Å². The number of halogens is 2. The Balaban J connectivity index is 2.18. The summed E-state index contributed by atoms with van der Waals surface area (Å²) in [4.78, 5) is 12.2. The molecule has 2 aromatic carbocycles. The molecule has 0 saturated carbocycles. The Hall–Kier alpha value is -1.88. The van der Waals surface area contributed by atoms with Gasteiger partial charge in [0, 0.05) is 23.5 Å². The van der Waals surface area contributed by atoms with E-state index >= 15 is 0 Å². The minimum absolute atomic E-state index is 0.253. The summed E-state index contributed by atoms with van der Waals surface area (Å²) in [7, 11) is 0. The summed E-state index contributed by atoms with van der Waals surface area (Å²) in [6.07, 6.45) is 0. The molecule has 1 amide bonds. The minimum Gasteiger partial charge on any atom is -0.385 e. The van der Waals surface area contributed by atoms with Crippen molar-refractivity contribution < 1.29 is 9.18 Å². The molecule has 0 aromatic heterocycles. The maximum atomic E-state index is 13.4. The molecule has 0 aliphatic rings. The zero-order chi connectivity index (χ0) is 15.4. The highest BCUT2D eigenvalue weighted by atomic mass is 79.9. The third-order valence-electron chi connectivity index (χ3n) is 3.03. The van der Waals surface area contributed by atoms with Crippen LogP contribution in [0.15, 0.2) is 40.9 Å². The number of carbonyl (C=O) groups excluding carboxylic acids is 1. The maximum absolute atomic E-state index is 13.4. The van der Waals surface area contributed by atoms with Crippen molar-refractivity contribution in [3.05, 3.63) is 57.8 Å². The zero-order valence-corrected chi connectivity index (χ0v) is 13.4. The number of anilines is 2. The van der Waals surface area contributed by atoms with E-state index in [1.807, 2.05) is 26.0 Å². The molecule has 0 radical (unpaired) electrons. The van der Waals surface area contributed by atoms with E-state index in [9.17, 15) is 9.18 Å². The van der Waals surface area contributed by atoms with E-state index in [0.29, 0.717) is 15.7 Å². The molecule has 2 aromatic rings. The van der Waals surface area contributed by atoms with Gasteiger partial charge >= 0.3 is 0 Å². The van der Waals surface area contributed by atoms with Crippen molar-refractivity contribution in [2.24, 2.45) is 0 Å². The summed E-state index contributed by atoms with van der Waals surface area (Å²) >= 11 is 3.08. The Kier molecular flexibility index (Phi) is 4.96. The smallest absolute Gasteiger partial charge is 0.255 e. The highest BCUT2D eigenvalue weighted by Gasteiger charge is 2.10. The van der Waals surface area contributed by atoms with Gasteiger partial charge in [0.15, 0.2) is 0 Å². The van der Waals surface area contributed by atoms with Crippen molar-refractivity contribution in [3.63, 3.8) is 0 Å². The average molecular weight is 351 g/mol. The Morgan fingerprint density at radius 2 is 1.90 bits per heavy atom.